The van der Waals surface area contributed by atoms with Crippen molar-refractivity contribution in [2.24, 2.45) is 0 Å². The molecule has 7 nitrogen and oxygen atoms in total. The summed E-state index contributed by atoms with van der Waals surface area (Å²) in [6.07, 6.45) is -4.84. The second-order valence-corrected chi connectivity index (χ2v) is 7.86. The molecule has 0 aliphatic carbocycles. The molecule has 1 aliphatic rings. The summed E-state index contributed by atoms with van der Waals surface area (Å²) in [5.41, 5.74) is 0.758. The van der Waals surface area contributed by atoms with E-state index < -0.39 is 24.2 Å². The van der Waals surface area contributed by atoms with Crippen molar-refractivity contribution in [1.29, 1.82) is 0 Å². The van der Waals surface area contributed by atoms with Crippen LogP contribution in [0.3, 0.4) is 0 Å². The summed E-state index contributed by atoms with van der Waals surface area (Å²) in [4.78, 5) is 12.8. The molecule has 0 saturated carbocycles. The van der Waals surface area contributed by atoms with Crippen LogP contribution in [-0.2, 0) is 0 Å². The lowest BCUT2D eigenvalue weighted by Gasteiger charge is -2.33. The number of hydrogen-bond donors (Lipinski definition) is 2. The zero-order valence-corrected chi connectivity index (χ0v) is 18.4. The van der Waals surface area contributed by atoms with Gasteiger partial charge in [0.15, 0.2) is 11.7 Å². The van der Waals surface area contributed by atoms with Crippen LogP contribution < -0.4 is 20.1 Å². The first-order valence-electron chi connectivity index (χ1n) is 9.91. The van der Waals surface area contributed by atoms with Gasteiger partial charge in [-0.05, 0) is 35.9 Å². The molecule has 0 saturated heterocycles. The highest BCUT2D eigenvalue weighted by Crippen LogP contribution is 2.44. The average Bonchev–Trinajstić information content (AvgIpc) is 3.22. The highest BCUT2D eigenvalue weighted by atomic mass is 35.5. The Kier molecular flexibility index (Phi) is 6.11. The van der Waals surface area contributed by atoms with Gasteiger partial charge in [0.25, 0.3) is 5.91 Å². The zero-order valence-electron chi connectivity index (χ0n) is 17.6. The first-order chi connectivity index (χ1) is 15.7. The number of alkyl halides is 3. The minimum absolute atomic E-state index is 0.0904. The Labute approximate surface area is 192 Å². The van der Waals surface area contributed by atoms with Gasteiger partial charge in [-0.15, -0.1) is 0 Å². The number of nitrogens with zero attached hydrogens (tertiary/aromatic N) is 2. The van der Waals surface area contributed by atoms with Gasteiger partial charge in [0.2, 0.25) is 0 Å². The van der Waals surface area contributed by atoms with Gasteiger partial charge in [-0.1, -0.05) is 23.7 Å². The molecule has 2 heterocycles. The highest BCUT2D eigenvalue weighted by molar-refractivity contribution is 6.31. The summed E-state index contributed by atoms with van der Waals surface area (Å²) >= 11 is 5.98. The maximum absolute atomic E-state index is 13.9. The van der Waals surface area contributed by atoms with E-state index in [1.165, 1.54) is 26.4 Å². The Balaban J connectivity index is 1.64. The van der Waals surface area contributed by atoms with E-state index in [9.17, 15) is 18.0 Å². The Hall–Kier alpha value is -3.40. The van der Waals surface area contributed by atoms with Gasteiger partial charge in [-0.25, -0.2) is 4.68 Å². The fraction of sp³-hybridized carbons (Fsp3) is 0.273. The van der Waals surface area contributed by atoms with E-state index in [4.69, 9.17) is 21.1 Å². The largest absolute Gasteiger partial charge is 0.497 e. The Morgan fingerprint density at radius 3 is 2.52 bits per heavy atom. The molecule has 3 aromatic rings. The minimum atomic E-state index is -4.56. The first-order valence-corrected chi connectivity index (χ1v) is 10.3. The van der Waals surface area contributed by atoms with Crippen LogP contribution in [0.4, 0.5) is 24.7 Å². The number of fused-ring (bicyclic) bond motifs is 1. The van der Waals surface area contributed by atoms with Crippen molar-refractivity contribution < 1.29 is 27.4 Å². The summed E-state index contributed by atoms with van der Waals surface area (Å²) in [6, 6.07) is 10.2. The molecule has 11 heteroatoms. The van der Waals surface area contributed by atoms with Gasteiger partial charge in [-0.3, -0.25) is 4.79 Å². The van der Waals surface area contributed by atoms with Crippen LogP contribution in [0.1, 0.15) is 34.6 Å². The quantitative estimate of drug-likeness (QED) is 0.506. The molecule has 4 rings (SSSR count). The van der Waals surface area contributed by atoms with Crippen molar-refractivity contribution in [1.82, 2.24) is 9.78 Å². The minimum Gasteiger partial charge on any atom is -0.497 e. The molecule has 1 aliphatic heterocycles. The smallest absolute Gasteiger partial charge is 0.410 e. The summed E-state index contributed by atoms with van der Waals surface area (Å²) in [5.74, 6) is 0.346. The van der Waals surface area contributed by atoms with Gasteiger partial charge in [0.1, 0.15) is 17.3 Å². The molecule has 0 fully saturated rings. The molecule has 0 spiro atoms. The maximum atomic E-state index is 13.9. The van der Waals surface area contributed by atoms with Crippen LogP contribution in [0.25, 0.3) is 0 Å². The number of anilines is 2. The van der Waals surface area contributed by atoms with Gasteiger partial charge >= 0.3 is 6.18 Å². The number of ether oxygens (including phenoxy) is 2. The Morgan fingerprint density at radius 2 is 1.88 bits per heavy atom. The predicted molar refractivity (Wildman–Crippen MR) is 117 cm³/mol. The standard InChI is InChI=1S/C22H20ClF3N4O3/c1-32-14-6-3-12(4-7-14)15-10-19(22(24,25)26)30-20(27-15)11-17(29-30)21(31)28-16-9-13(23)5-8-18(16)33-2/h3-9,11,15,19,27H,10H2,1-2H3,(H,28,31)/t15-,19+/m0/s1. The molecular formula is C22H20ClF3N4O3. The molecule has 0 bridgehead atoms. The van der Waals surface area contributed by atoms with Crippen molar-refractivity contribution in [3.8, 4) is 11.5 Å². The summed E-state index contributed by atoms with van der Waals surface area (Å²) in [6.45, 7) is 0. The molecule has 0 unspecified atom stereocenters. The van der Waals surface area contributed by atoms with Crippen LogP contribution in [0.5, 0.6) is 11.5 Å². The van der Waals surface area contributed by atoms with E-state index in [1.54, 1.807) is 36.4 Å². The van der Waals surface area contributed by atoms with Gasteiger partial charge in [0.05, 0.1) is 25.9 Å². The number of amides is 1. The molecule has 2 aromatic carbocycles. The van der Waals surface area contributed by atoms with E-state index in [0.717, 1.165) is 4.68 Å². The number of carbonyl (C=O) groups is 1. The normalized spacial score (nSPS) is 17.6. The molecular weight excluding hydrogens is 461 g/mol. The number of rotatable bonds is 5. The van der Waals surface area contributed by atoms with Crippen molar-refractivity contribution in [3.05, 3.63) is 64.8 Å². The van der Waals surface area contributed by atoms with Crippen molar-refractivity contribution >= 4 is 29.0 Å². The summed E-state index contributed by atoms with van der Waals surface area (Å²) < 4.78 is 52.8. The number of benzene rings is 2. The molecule has 1 amide bonds. The number of methoxy groups -OCH3 is 2. The van der Waals surface area contributed by atoms with Crippen molar-refractivity contribution in [2.75, 3.05) is 24.9 Å². The molecule has 2 N–H and O–H groups in total. The topological polar surface area (TPSA) is 77.4 Å². The van der Waals surface area contributed by atoms with Crippen LogP contribution in [-0.4, -0.2) is 36.1 Å². The predicted octanol–water partition coefficient (Wildman–Crippen LogP) is 5.47. The van der Waals surface area contributed by atoms with E-state index in [1.807, 2.05) is 0 Å². The van der Waals surface area contributed by atoms with Crippen molar-refractivity contribution in [2.45, 2.75) is 24.7 Å². The number of nitrogens with one attached hydrogen (secondary N) is 2. The van der Waals surface area contributed by atoms with E-state index in [-0.39, 0.29) is 23.6 Å². The number of carbonyl (C=O) groups excluding carboxylic acids is 1. The van der Waals surface area contributed by atoms with Crippen LogP contribution in [0.2, 0.25) is 5.02 Å². The maximum Gasteiger partial charge on any atom is 0.410 e. The Morgan fingerprint density at radius 1 is 1.15 bits per heavy atom. The molecule has 174 valence electrons. The summed E-state index contributed by atoms with van der Waals surface area (Å²) in [5, 5.41) is 9.96. The number of aromatic nitrogens is 2. The van der Waals surface area contributed by atoms with E-state index in [0.29, 0.717) is 22.1 Å². The molecule has 2 atom stereocenters. The molecule has 1 aromatic heterocycles. The molecule has 0 radical (unpaired) electrons. The number of halogens is 4. The zero-order chi connectivity index (χ0) is 23.8. The third kappa shape index (κ3) is 4.70. The van der Waals surface area contributed by atoms with Gasteiger partial charge in [-0.2, -0.15) is 18.3 Å². The SMILES string of the molecule is COc1ccc([C@@H]2C[C@H](C(F)(F)F)n3nc(C(=O)Nc4cc(Cl)ccc4OC)cc3N2)cc1. The highest BCUT2D eigenvalue weighted by Gasteiger charge is 2.46. The molecule has 33 heavy (non-hydrogen) atoms. The van der Waals surface area contributed by atoms with Gasteiger partial charge < -0.3 is 20.1 Å². The van der Waals surface area contributed by atoms with E-state index >= 15 is 0 Å². The summed E-state index contributed by atoms with van der Waals surface area (Å²) in [7, 11) is 2.93. The second-order valence-electron chi connectivity index (χ2n) is 7.42. The third-order valence-electron chi connectivity index (χ3n) is 5.35. The second kappa shape index (κ2) is 8.86. The third-order valence-corrected chi connectivity index (χ3v) is 5.59. The van der Waals surface area contributed by atoms with Crippen LogP contribution >= 0.6 is 11.6 Å². The van der Waals surface area contributed by atoms with Crippen LogP contribution in [0.15, 0.2) is 48.5 Å². The first kappa shape index (κ1) is 22.8. The monoisotopic (exact) mass is 480 g/mol. The average molecular weight is 481 g/mol. The fourth-order valence-corrected chi connectivity index (χ4v) is 3.88. The Bertz CT molecular complexity index is 1160. The van der Waals surface area contributed by atoms with Crippen molar-refractivity contribution in [3.63, 3.8) is 0 Å². The lowest BCUT2D eigenvalue weighted by molar-refractivity contribution is -0.173. The number of hydrogen-bond acceptors (Lipinski definition) is 5. The van der Waals surface area contributed by atoms with Crippen LogP contribution in [0, 0.1) is 0 Å². The fourth-order valence-electron chi connectivity index (χ4n) is 3.70. The lowest BCUT2D eigenvalue weighted by Crippen LogP contribution is -2.35. The van der Waals surface area contributed by atoms with Gasteiger partial charge in [0, 0.05) is 17.5 Å². The van der Waals surface area contributed by atoms with E-state index in [2.05, 4.69) is 15.7 Å². The lowest BCUT2D eigenvalue weighted by atomic mass is 9.97.